The minimum atomic E-state index is -0.575. The maximum Gasteiger partial charge on any atom is 0.243 e. The van der Waals surface area contributed by atoms with Crippen LogP contribution in [0.2, 0.25) is 0 Å². The number of carbonyl (C=O) groups is 2. The van der Waals surface area contributed by atoms with E-state index < -0.39 is 6.04 Å². The van der Waals surface area contributed by atoms with Gasteiger partial charge in [-0.25, -0.2) is 0 Å². The number of carbonyl (C=O) groups excluding carboxylic acids is 2. The van der Waals surface area contributed by atoms with Gasteiger partial charge < -0.3 is 10.2 Å². The van der Waals surface area contributed by atoms with Gasteiger partial charge in [-0.05, 0) is 59.6 Å². The highest BCUT2D eigenvalue weighted by molar-refractivity contribution is 9.10. The van der Waals surface area contributed by atoms with Gasteiger partial charge in [-0.1, -0.05) is 116 Å². The van der Waals surface area contributed by atoms with Crippen molar-refractivity contribution in [3.63, 3.8) is 0 Å². The quantitative estimate of drug-likeness (QED) is 0.251. The zero-order valence-electron chi connectivity index (χ0n) is 23.2. The lowest BCUT2D eigenvalue weighted by Crippen LogP contribution is -2.52. The second-order valence-corrected chi connectivity index (χ2v) is 12.0. The van der Waals surface area contributed by atoms with Crippen molar-refractivity contribution in [1.29, 1.82) is 0 Å². The van der Waals surface area contributed by atoms with Crippen LogP contribution in [0.3, 0.4) is 0 Å². The maximum absolute atomic E-state index is 13.9. The number of halogens is 1. The molecule has 0 saturated heterocycles. The highest BCUT2D eigenvalue weighted by Crippen LogP contribution is 2.22. The zero-order chi connectivity index (χ0) is 27.6. The van der Waals surface area contributed by atoms with Crippen LogP contribution >= 0.6 is 15.9 Å². The maximum atomic E-state index is 13.9. The van der Waals surface area contributed by atoms with Crippen LogP contribution in [0.4, 0.5) is 0 Å². The Morgan fingerprint density at radius 3 is 2.13 bits per heavy atom. The summed E-state index contributed by atoms with van der Waals surface area (Å²) in [6.07, 6.45) is 7.04. The third-order valence-electron chi connectivity index (χ3n) is 7.76. The molecule has 39 heavy (non-hydrogen) atoms. The molecule has 3 aromatic carbocycles. The first-order valence-electron chi connectivity index (χ1n) is 14.4. The number of hydrogen-bond donors (Lipinski definition) is 1. The highest BCUT2D eigenvalue weighted by Gasteiger charge is 2.31. The van der Waals surface area contributed by atoms with E-state index >= 15 is 0 Å². The Labute approximate surface area is 242 Å². The average Bonchev–Trinajstić information content (AvgIpc) is 2.96. The molecule has 1 saturated carbocycles. The molecule has 1 aliphatic rings. The summed E-state index contributed by atoms with van der Waals surface area (Å²) in [6, 6.07) is 26.2. The fourth-order valence-electron chi connectivity index (χ4n) is 5.35. The highest BCUT2D eigenvalue weighted by atomic mass is 79.9. The third kappa shape index (κ3) is 8.79. The number of nitrogens with zero attached hydrogens (tertiary/aromatic N) is 1. The smallest absolute Gasteiger partial charge is 0.243 e. The molecule has 3 aromatic rings. The summed E-state index contributed by atoms with van der Waals surface area (Å²) in [6.45, 7) is 4.77. The van der Waals surface area contributed by atoms with E-state index in [9.17, 15) is 9.59 Å². The summed E-state index contributed by atoms with van der Waals surface area (Å²) in [7, 11) is 0. The molecule has 1 atom stereocenters. The number of rotatable bonds is 11. The zero-order valence-corrected chi connectivity index (χ0v) is 24.8. The predicted molar refractivity (Wildman–Crippen MR) is 162 cm³/mol. The number of benzene rings is 3. The topological polar surface area (TPSA) is 49.4 Å². The van der Waals surface area contributed by atoms with Crippen LogP contribution in [0.1, 0.15) is 80.5 Å². The van der Waals surface area contributed by atoms with Crippen LogP contribution in [-0.2, 0) is 29.0 Å². The van der Waals surface area contributed by atoms with Crippen molar-refractivity contribution >= 4 is 27.7 Å². The molecule has 206 valence electrons. The summed E-state index contributed by atoms with van der Waals surface area (Å²) in [5.74, 6) is 0.437. The van der Waals surface area contributed by atoms with Crippen LogP contribution in [0, 0.1) is 0 Å². The van der Waals surface area contributed by atoms with Gasteiger partial charge in [-0.3, -0.25) is 9.59 Å². The van der Waals surface area contributed by atoms with Gasteiger partial charge in [0.15, 0.2) is 0 Å². The van der Waals surface area contributed by atoms with E-state index in [4.69, 9.17) is 0 Å². The summed E-state index contributed by atoms with van der Waals surface area (Å²) < 4.78 is 0.991. The first-order valence-corrected chi connectivity index (χ1v) is 15.2. The van der Waals surface area contributed by atoms with Crippen molar-refractivity contribution in [2.75, 3.05) is 0 Å². The van der Waals surface area contributed by atoms with Crippen molar-refractivity contribution in [2.24, 2.45) is 0 Å². The molecule has 0 heterocycles. The summed E-state index contributed by atoms with van der Waals surface area (Å²) in [5.41, 5.74) is 4.50. The minimum Gasteiger partial charge on any atom is -0.352 e. The van der Waals surface area contributed by atoms with E-state index in [1.54, 1.807) is 0 Å². The Kier molecular flexibility index (Phi) is 10.8. The van der Waals surface area contributed by atoms with Crippen LogP contribution in [0.5, 0.6) is 0 Å². The fraction of sp³-hybridized carbons (Fsp3) is 0.412. The Morgan fingerprint density at radius 2 is 1.49 bits per heavy atom. The summed E-state index contributed by atoms with van der Waals surface area (Å²) in [4.78, 5) is 29.6. The van der Waals surface area contributed by atoms with Gasteiger partial charge in [0, 0.05) is 29.9 Å². The molecular formula is C34H41BrN2O2. The first-order chi connectivity index (χ1) is 18.9. The standard InChI is InChI=1S/C34H41BrN2O2/c1-25(2)29-18-13-26(14-19-29)17-22-33(38)37(24-28-15-20-30(35)21-16-28)32(23-27-9-5-3-6-10-27)34(39)36-31-11-7-4-8-12-31/h3,5-6,9-10,13-16,18-21,25,31-32H,4,7-8,11-12,17,22-24H2,1-2H3,(H,36,39)/t32-/m1/s1. The number of amides is 2. The summed E-state index contributed by atoms with van der Waals surface area (Å²) >= 11 is 3.51. The molecule has 4 rings (SSSR count). The van der Waals surface area contributed by atoms with Gasteiger partial charge in [-0.2, -0.15) is 0 Å². The lowest BCUT2D eigenvalue weighted by molar-refractivity contribution is -0.141. The number of nitrogens with one attached hydrogen (secondary N) is 1. The van der Waals surface area contributed by atoms with Gasteiger partial charge in [0.05, 0.1) is 0 Å². The van der Waals surface area contributed by atoms with Gasteiger partial charge >= 0.3 is 0 Å². The Balaban J connectivity index is 1.58. The van der Waals surface area contributed by atoms with E-state index in [0.717, 1.165) is 46.8 Å². The predicted octanol–water partition coefficient (Wildman–Crippen LogP) is 7.59. The van der Waals surface area contributed by atoms with Crippen molar-refractivity contribution in [3.8, 4) is 0 Å². The lowest BCUT2D eigenvalue weighted by atomic mass is 9.94. The van der Waals surface area contributed by atoms with Gasteiger partial charge in [0.1, 0.15) is 6.04 Å². The molecule has 0 unspecified atom stereocenters. The molecule has 0 aromatic heterocycles. The largest absolute Gasteiger partial charge is 0.352 e. The molecule has 5 heteroatoms. The Bertz CT molecular complexity index is 1190. The van der Waals surface area contributed by atoms with E-state index in [-0.39, 0.29) is 17.9 Å². The third-order valence-corrected chi connectivity index (χ3v) is 8.29. The monoisotopic (exact) mass is 588 g/mol. The SMILES string of the molecule is CC(C)c1ccc(CCC(=O)N(Cc2ccc(Br)cc2)[C@H](Cc2ccccc2)C(=O)NC2CCCCC2)cc1. The first kappa shape index (κ1) is 29.1. The lowest BCUT2D eigenvalue weighted by Gasteiger charge is -2.33. The van der Waals surface area contributed by atoms with Crippen molar-refractivity contribution < 1.29 is 9.59 Å². The second-order valence-electron chi connectivity index (χ2n) is 11.1. The Hall–Kier alpha value is -2.92. The van der Waals surface area contributed by atoms with Crippen molar-refractivity contribution in [3.05, 3.63) is 106 Å². The fourth-order valence-corrected chi connectivity index (χ4v) is 5.61. The van der Waals surface area contributed by atoms with Gasteiger partial charge in [0.2, 0.25) is 11.8 Å². The molecule has 0 bridgehead atoms. The molecule has 2 amide bonds. The molecule has 0 spiro atoms. The van der Waals surface area contributed by atoms with Crippen molar-refractivity contribution in [1.82, 2.24) is 10.2 Å². The van der Waals surface area contributed by atoms with E-state index in [0.29, 0.717) is 31.7 Å². The molecule has 1 aliphatic carbocycles. The normalized spacial score (nSPS) is 14.7. The number of aryl methyl sites for hydroxylation is 1. The van der Waals surface area contributed by atoms with Gasteiger partial charge in [-0.15, -0.1) is 0 Å². The van der Waals surface area contributed by atoms with Crippen LogP contribution in [0.15, 0.2) is 83.3 Å². The molecule has 0 aliphatic heterocycles. The molecule has 1 fully saturated rings. The molecule has 4 nitrogen and oxygen atoms in total. The van der Waals surface area contributed by atoms with E-state index in [1.165, 1.54) is 12.0 Å². The van der Waals surface area contributed by atoms with Crippen LogP contribution < -0.4 is 5.32 Å². The van der Waals surface area contributed by atoms with E-state index in [1.807, 2.05) is 59.5 Å². The van der Waals surface area contributed by atoms with E-state index in [2.05, 4.69) is 59.4 Å². The molecular weight excluding hydrogens is 548 g/mol. The summed E-state index contributed by atoms with van der Waals surface area (Å²) in [5, 5.41) is 3.32. The molecule has 0 radical (unpaired) electrons. The van der Waals surface area contributed by atoms with Gasteiger partial charge in [0.25, 0.3) is 0 Å². The van der Waals surface area contributed by atoms with Crippen molar-refractivity contribution in [2.45, 2.75) is 89.8 Å². The second kappa shape index (κ2) is 14.5. The average molecular weight is 590 g/mol. The minimum absolute atomic E-state index is 0.00517. The molecule has 1 N–H and O–H groups in total. The van der Waals surface area contributed by atoms with Crippen LogP contribution in [-0.4, -0.2) is 28.8 Å². The Morgan fingerprint density at radius 1 is 0.846 bits per heavy atom. The van der Waals surface area contributed by atoms with Crippen LogP contribution in [0.25, 0.3) is 0 Å². The number of hydrogen-bond acceptors (Lipinski definition) is 2.